The molecule has 1 fully saturated rings. The molecule has 0 saturated carbocycles. The van der Waals surface area contributed by atoms with Crippen molar-refractivity contribution in [2.45, 2.75) is 25.9 Å². The molecule has 1 aromatic carbocycles. The van der Waals surface area contributed by atoms with Crippen molar-refractivity contribution in [2.75, 3.05) is 19.9 Å². The molecule has 1 amide bonds. The summed E-state index contributed by atoms with van der Waals surface area (Å²) < 4.78 is 16.1. The molecule has 0 radical (unpaired) electrons. The number of hydrogen-bond donors (Lipinski definition) is 1. The van der Waals surface area contributed by atoms with Gasteiger partial charge in [-0.2, -0.15) is 4.98 Å². The maximum atomic E-state index is 12.7. The predicted octanol–water partition coefficient (Wildman–Crippen LogP) is 3.06. The standard InChI is InChI=1S/C21H22N4O4S/c26-21(22-10-14-5-6-16-17(9-14)28-13-27-16)15-3-1-7-25(11-15)12-19-23-20(24-29-19)18-4-2-8-30-18/h2,4-6,8-9,15H,1,3,7,10-13H2,(H,22,26)/t15-/m1/s1. The minimum Gasteiger partial charge on any atom is -0.454 e. The van der Waals surface area contributed by atoms with Gasteiger partial charge in [-0.15, -0.1) is 11.3 Å². The molecule has 1 saturated heterocycles. The van der Waals surface area contributed by atoms with E-state index >= 15 is 0 Å². The zero-order valence-corrected chi connectivity index (χ0v) is 17.2. The summed E-state index contributed by atoms with van der Waals surface area (Å²) in [5.74, 6) is 2.70. The monoisotopic (exact) mass is 426 g/mol. The molecule has 2 aromatic heterocycles. The van der Waals surface area contributed by atoms with Crippen LogP contribution in [-0.4, -0.2) is 40.8 Å². The number of thiophene rings is 1. The number of carbonyl (C=O) groups excluding carboxylic acids is 1. The smallest absolute Gasteiger partial charge is 0.241 e. The summed E-state index contributed by atoms with van der Waals surface area (Å²) in [5.41, 5.74) is 0.993. The number of nitrogens with zero attached hydrogens (tertiary/aromatic N) is 3. The van der Waals surface area contributed by atoms with Crippen LogP contribution in [0, 0.1) is 5.92 Å². The van der Waals surface area contributed by atoms with E-state index in [-0.39, 0.29) is 18.6 Å². The molecule has 1 atom stereocenters. The Morgan fingerprint density at radius 3 is 3.10 bits per heavy atom. The fourth-order valence-electron chi connectivity index (χ4n) is 3.81. The van der Waals surface area contributed by atoms with Crippen LogP contribution < -0.4 is 14.8 Å². The van der Waals surface area contributed by atoms with Crippen molar-refractivity contribution in [2.24, 2.45) is 5.92 Å². The number of carbonyl (C=O) groups is 1. The lowest BCUT2D eigenvalue weighted by molar-refractivity contribution is -0.127. The van der Waals surface area contributed by atoms with E-state index in [2.05, 4.69) is 20.4 Å². The normalized spacial score (nSPS) is 18.5. The van der Waals surface area contributed by atoms with Crippen molar-refractivity contribution in [3.63, 3.8) is 0 Å². The summed E-state index contributed by atoms with van der Waals surface area (Å²) in [6.07, 6.45) is 1.85. The number of likely N-dealkylation sites (tertiary alicyclic amines) is 1. The maximum Gasteiger partial charge on any atom is 0.241 e. The summed E-state index contributed by atoms with van der Waals surface area (Å²) in [6.45, 7) is 2.88. The molecule has 0 spiro atoms. The van der Waals surface area contributed by atoms with Gasteiger partial charge < -0.3 is 19.3 Å². The van der Waals surface area contributed by atoms with Gasteiger partial charge in [-0.3, -0.25) is 9.69 Å². The lowest BCUT2D eigenvalue weighted by atomic mass is 9.97. The van der Waals surface area contributed by atoms with E-state index in [1.807, 2.05) is 35.7 Å². The molecular formula is C21H22N4O4S. The summed E-state index contributed by atoms with van der Waals surface area (Å²) in [6, 6.07) is 9.67. The summed E-state index contributed by atoms with van der Waals surface area (Å²) in [7, 11) is 0. The number of nitrogens with one attached hydrogen (secondary N) is 1. The highest BCUT2D eigenvalue weighted by atomic mass is 32.1. The second kappa shape index (κ2) is 8.45. The molecule has 9 heteroatoms. The maximum absolute atomic E-state index is 12.7. The number of rotatable bonds is 6. The van der Waals surface area contributed by atoms with Gasteiger partial charge in [0.25, 0.3) is 0 Å². The average Bonchev–Trinajstić information content (AvgIpc) is 3.53. The largest absolute Gasteiger partial charge is 0.454 e. The Kier molecular flexibility index (Phi) is 5.37. The van der Waals surface area contributed by atoms with Gasteiger partial charge in [0.2, 0.25) is 24.4 Å². The van der Waals surface area contributed by atoms with E-state index in [4.69, 9.17) is 14.0 Å². The van der Waals surface area contributed by atoms with Crippen molar-refractivity contribution < 1.29 is 18.8 Å². The number of ether oxygens (including phenoxy) is 2. The fourth-order valence-corrected chi connectivity index (χ4v) is 4.46. The molecule has 8 nitrogen and oxygen atoms in total. The van der Waals surface area contributed by atoms with Crippen LogP contribution in [-0.2, 0) is 17.9 Å². The van der Waals surface area contributed by atoms with Crippen LogP contribution in [0.3, 0.4) is 0 Å². The highest BCUT2D eigenvalue weighted by Crippen LogP contribution is 2.32. The van der Waals surface area contributed by atoms with Crippen LogP contribution in [0.4, 0.5) is 0 Å². The van der Waals surface area contributed by atoms with E-state index in [1.54, 1.807) is 11.3 Å². The molecule has 2 aliphatic heterocycles. The van der Waals surface area contributed by atoms with Gasteiger partial charge in [-0.05, 0) is 48.5 Å². The van der Waals surface area contributed by atoms with Crippen molar-refractivity contribution in [3.8, 4) is 22.2 Å². The number of benzene rings is 1. The molecule has 1 N–H and O–H groups in total. The van der Waals surface area contributed by atoms with E-state index in [1.165, 1.54) is 0 Å². The SMILES string of the molecule is O=C(NCc1ccc2c(c1)OCO2)[C@@H]1CCCN(Cc2nc(-c3cccs3)no2)C1. The molecular weight excluding hydrogens is 404 g/mol. The zero-order valence-electron chi connectivity index (χ0n) is 16.4. The summed E-state index contributed by atoms with van der Waals surface area (Å²) in [5, 5.41) is 9.11. The van der Waals surface area contributed by atoms with Gasteiger partial charge in [0.05, 0.1) is 17.3 Å². The average molecular weight is 426 g/mol. The number of aromatic nitrogens is 2. The first-order valence-electron chi connectivity index (χ1n) is 9.99. The first-order chi connectivity index (χ1) is 14.7. The molecule has 30 heavy (non-hydrogen) atoms. The van der Waals surface area contributed by atoms with E-state index in [0.717, 1.165) is 41.3 Å². The van der Waals surface area contributed by atoms with Gasteiger partial charge in [0.15, 0.2) is 11.5 Å². The number of amides is 1. The van der Waals surface area contributed by atoms with Crippen LogP contribution in [0.1, 0.15) is 24.3 Å². The highest BCUT2D eigenvalue weighted by Gasteiger charge is 2.27. The molecule has 0 bridgehead atoms. The molecule has 4 heterocycles. The van der Waals surface area contributed by atoms with Gasteiger partial charge in [0, 0.05) is 13.1 Å². The van der Waals surface area contributed by atoms with Crippen molar-refractivity contribution in [1.82, 2.24) is 20.4 Å². The lowest BCUT2D eigenvalue weighted by Gasteiger charge is -2.30. The van der Waals surface area contributed by atoms with Crippen LogP contribution in [0.15, 0.2) is 40.2 Å². The Morgan fingerprint density at radius 1 is 1.27 bits per heavy atom. The Morgan fingerprint density at radius 2 is 2.20 bits per heavy atom. The predicted molar refractivity (Wildman–Crippen MR) is 110 cm³/mol. The zero-order chi connectivity index (χ0) is 20.3. The Balaban J connectivity index is 1.14. The van der Waals surface area contributed by atoms with Crippen molar-refractivity contribution in [3.05, 3.63) is 47.2 Å². The second-order valence-corrected chi connectivity index (χ2v) is 8.42. The fraction of sp³-hybridized carbons (Fsp3) is 0.381. The molecule has 5 rings (SSSR count). The Bertz CT molecular complexity index is 1020. The lowest BCUT2D eigenvalue weighted by Crippen LogP contribution is -2.42. The second-order valence-electron chi connectivity index (χ2n) is 7.47. The van der Waals surface area contributed by atoms with Gasteiger partial charge in [-0.25, -0.2) is 0 Å². The van der Waals surface area contributed by atoms with E-state index in [0.29, 0.717) is 31.3 Å². The molecule has 3 aromatic rings. The van der Waals surface area contributed by atoms with Crippen molar-refractivity contribution >= 4 is 17.2 Å². The third-order valence-corrected chi connectivity index (χ3v) is 6.21. The number of fused-ring (bicyclic) bond motifs is 1. The van der Waals surface area contributed by atoms with Crippen LogP contribution in [0.25, 0.3) is 10.7 Å². The Hall–Kier alpha value is -2.91. The van der Waals surface area contributed by atoms with Gasteiger partial charge in [0.1, 0.15) is 0 Å². The van der Waals surface area contributed by atoms with Gasteiger partial charge >= 0.3 is 0 Å². The molecule has 0 aliphatic carbocycles. The minimum atomic E-state index is -0.0487. The first-order valence-corrected chi connectivity index (χ1v) is 10.9. The quantitative estimate of drug-likeness (QED) is 0.648. The highest BCUT2D eigenvalue weighted by molar-refractivity contribution is 7.13. The molecule has 156 valence electrons. The van der Waals surface area contributed by atoms with E-state index in [9.17, 15) is 4.79 Å². The minimum absolute atomic E-state index is 0.0487. The molecule has 0 unspecified atom stereocenters. The van der Waals surface area contributed by atoms with Crippen LogP contribution in [0.5, 0.6) is 11.5 Å². The van der Waals surface area contributed by atoms with Crippen LogP contribution in [0.2, 0.25) is 0 Å². The van der Waals surface area contributed by atoms with Crippen LogP contribution >= 0.6 is 11.3 Å². The van der Waals surface area contributed by atoms with E-state index < -0.39 is 0 Å². The Labute approximate surface area is 177 Å². The van der Waals surface area contributed by atoms with Gasteiger partial charge in [-0.1, -0.05) is 17.3 Å². The third-order valence-electron chi connectivity index (χ3n) is 5.35. The summed E-state index contributed by atoms with van der Waals surface area (Å²) in [4.78, 5) is 20.4. The number of piperidine rings is 1. The first kappa shape index (κ1) is 19.1. The summed E-state index contributed by atoms with van der Waals surface area (Å²) >= 11 is 1.58. The third kappa shape index (κ3) is 4.17. The number of hydrogen-bond acceptors (Lipinski definition) is 8. The topological polar surface area (TPSA) is 89.7 Å². The van der Waals surface area contributed by atoms with Crippen molar-refractivity contribution in [1.29, 1.82) is 0 Å². The molecule has 2 aliphatic rings.